The molecule has 2 aromatic carbocycles. The fraction of sp³-hybridized carbons (Fsp3) is 0.176. The molecule has 2 rings (SSSR count). The summed E-state index contributed by atoms with van der Waals surface area (Å²) in [7, 11) is 0. The molecule has 2 heteroatoms. The largest absolute Gasteiger partial charge is 1.00 e. The molecule has 0 aliphatic heterocycles. The van der Waals surface area contributed by atoms with E-state index in [0.29, 0.717) is 0 Å². The van der Waals surface area contributed by atoms with Gasteiger partial charge in [0.15, 0.2) is 0 Å². The zero-order valence-corrected chi connectivity index (χ0v) is 15.1. The third-order valence-electron chi connectivity index (χ3n) is 2.38. The second-order valence-electron chi connectivity index (χ2n) is 4.20. The van der Waals surface area contributed by atoms with Gasteiger partial charge >= 0.3 is 51.4 Å². The molecule has 0 heterocycles. The first-order valence-corrected chi connectivity index (χ1v) is 6.04. The maximum Gasteiger partial charge on any atom is 1.00 e. The molecule has 0 saturated heterocycles. The number of hydrogen-bond donors (Lipinski definition) is 0. The molecule has 0 aliphatic rings. The van der Waals surface area contributed by atoms with Crippen LogP contribution in [0.5, 0.6) is 0 Å². The average Bonchev–Trinajstić information content (AvgIpc) is 2.41. The smallest absolute Gasteiger partial charge is 0.851 e. The summed E-state index contributed by atoms with van der Waals surface area (Å²) in [5.41, 5.74) is 3.29. The predicted molar refractivity (Wildman–Crippen MR) is 76.1 cm³/mol. The van der Waals surface area contributed by atoms with Gasteiger partial charge in [-0.3, -0.25) is 0 Å². The van der Waals surface area contributed by atoms with Crippen LogP contribution in [-0.2, 0) is 0 Å². The molecule has 0 fully saturated rings. The zero-order chi connectivity index (χ0) is 13.2. The van der Waals surface area contributed by atoms with Gasteiger partial charge in [0.25, 0.3) is 0 Å². The van der Waals surface area contributed by atoms with Crippen LogP contribution in [0.4, 0.5) is 0 Å². The molecule has 0 atom stereocenters. The molecule has 0 N–H and O–H groups in total. The molecule has 0 aromatic heterocycles. The van der Waals surface area contributed by atoms with Crippen LogP contribution in [-0.4, -0.2) is 6.61 Å². The molecule has 19 heavy (non-hydrogen) atoms. The van der Waals surface area contributed by atoms with Crippen LogP contribution in [0.2, 0.25) is 0 Å². The quantitative estimate of drug-likeness (QED) is 0.732. The molecule has 0 bridgehead atoms. The summed E-state index contributed by atoms with van der Waals surface area (Å²) in [5, 5.41) is 10.4. The second-order valence-corrected chi connectivity index (χ2v) is 4.20. The van der Waals surface area contributed by atoms with Crippen molar-refractivity contribution in [2.24, 2.45) is 0 Å². The van der Waals surface area contributed by atoms with Crippen LogP contribution in [0.15, 0.2) is 66.2 Å². The maximum atomic E-state index is 10.4. The molecule has 0 spiro atoms. The Morgan fingerprint density at radius 1 is 0.947 bits per heavy atom. The van der Waals surface area contributed by atoms with Crippen molar-refractivity contribution in [3.63, 3.8) is 0 Å². The van der Waals surface area contributed by atoms with Crippen molar-refractivity contribution in [2.45, 2.75) is 13.8 Å². The van der Waals surface area contributed by atoms with E-state index in [4.69, 9.17) is 0 Å². The standard InChI is InChI=1S/C10H11O.C7H8.K/c1-9(8-11)7-10-5-3-2-4-6-10;1-7-5-3-2-4-6-7;/h2-7H,8H2,1H3;2-6H,1H3;/q-1;;+1/b9-7-;;. The van der Waals surface area contributed by atoms with E-state index in [9.17, 15) is 5.11 Å². The van der Waals surface area contributed by atoms with Crippen LogP contribution < -0.4 is 56.5 Å². The third-order valence-corrected chi connectivity index (χ3v) is 2.38. The third kappa shape index (κ3) is 9.33. The molecule has 0 aliphatic carbocycles. The van der Waals surface area contributed by atoms with Crippen molar-refractivity contribution in [1.82, 2.24) is 0 Å². The van der Waals surface area contributed by atoms with Crippen LogP contribution in [0.3, 0.4) is 0 Å². The number of benzene rings is 2. The molecular formula is C17H19KO. The summed E-state index contributed by atoms with van der Waals surface area (Å²) in [5.74, 6) is 0. The molecular weight excluding hydrogens is 259 g/mol. The van der Waals surface area contributed by atoms with Crippen molar-refractivity contribution < 1.29 is 56.5 Å². The normalized spacial score (nSPS) is 9.95. The fourth-order valence-corrected chi connectivity index (χ4v) is 1.41. The Hall–Kier alpha value is -0.224. The number of hydrogen-bond acceptors (Lipinski definition) is 1. The summed E-state index contributed by atoms with van der Waals surface area (Å²) in [6, 6.07) is 20.1. The first-order valence-electron chi connectivity index (χ1n) is 6.04. The van der Waals surface area contributed by atoms with Gasteiger partial charge in [-0.05, 0) is 19.4 Å². The molecule has 1 nitrogen and oxygen atoms in total. The summed E-state index contributed by atoms with van der Waals surface area (Å²) in [4.78, 5) is 0. The van der Waals surface area contributed by atoms with Gasteiger partial charge < -0.3 is 5.11 Å². The van der Waals surface area contributed by atoms with Crippen LogP contribution in [0.1, 0.15) is 18.1 Å². The van der Waals surface area contributed by atoms with E-state index >= 15 is 0 Å². The van der Waals surface area contributed by atoms with Crippen molar-refractivity contribution in [2.75, 3.05) is 6.61 Å². The van der Waals surface area contributed by atoms with Crippen LogP contribution >= 0.6 is 0 Å². The fourth-order valence-electron chi connectivity index (χ4n) is 1.41. The van der Waals surface area contributed by atoms with Crippen LogP contribution in [0, 0.1) is 6.92 Å². The van der Waals surface area contributed by atoms with Gasteiger partial charge in [-0.25, -0.2) is 0 Å². The van der Waals surface area contributed by atoms with Crippen molar-refractivity contribution in [3.8, 4) is 0 Å². The molecule has 94 valence electrons. The average molecular weight is 278 g/mol. The van der Waals surface area contributed by atoms with Gasteiger partial charge in [0, 0.05) is 0 Å². The predicted octanol–water partition coefficient (Wildman–Crippen LogP) is 0.449. The van der Waals surface area contributed by atoms with E-state index < -0.39 is 0 Å². The van der Waals surface area contributed by atoms with E-state index in [1.54, 1.807) is 0 Å². The maximum absolute atomic E-state index is 10.4. The summed E-state index contributed by atoms with van der Waals surface area (Å²) < 4.78 is 0. The number of aryl methyl sites for hydroxylation is 1. The summed E-state index contributed by atoms with van der Waals surface area (Å²) in [6.45, 7) is 3.81. The first-order chi connectivity index (χ1) is 8.72. The molecule has 0 amide bonds. The Labute approximate surface area is 158 Å². The van der Waals surface area contributed by atoms with E-state index in [1.165, 1.54) is 5.56 Å². The molecule has 0 radical (unpaired) electrons. The Kier molecular flexibility index (Phi) is 11.5. The Morgan fingerprint density at radius 2 is 1.42 bits per heavy atom. The van der Waals surface area contributed by atoms with E-state index in [1.807, 2.05) is 61.5 Å². The van der Waals surface area contributed by atoms with Gasteiger partial charge in [-0.1, -0.05) is 77.9 Å². The minimum absolute atomic E-state index is 0. The summed E-state index contributed by atoms with van der Waals surface area (Å²) in [6.07, 6.45) is 1.91. The van der Waals surface area contributed by atoms with Crippen molar-refractivity contribution in [3.05, 3.63) is 77.4 Å². The topological polar surface area (TPSA) is 23.1 Å². The van der Waals surface area contributed by atoms with Gasteiger partial charge in [0.2, 0.25) is 0 Å². The Morgan fingerprint density at radius 3 is 1.79 bits per heavy atom. The van der Waals surface area contributed by atoms with E-state index in [-0.39, 0.29) is 58.0 Å². The molecule has 0 unspecified atom stereocenters. The monoisotopic (exact) mass is 278 g/mol. The Bertz CT molecular complexity index is 463. The van der Waals surface area contributed by atoms with Gasteiger partial charge in [-0.15, -0.1) is 6.61 Å². The Balaban J connectivity index is 0.000000352. The van der Waals surface area contributed by atoms with Crippen molar-refractivity contribution >= 4 is 6.08 Å². The van der Waals surface area contributed by atoms with Gasteiger partial charge in [-0.2, -0.15) is 0 Å². The van der Waals surface area contributed by atoms with E-state index in [2.05, 4.69) is 19.1 Å². The van der Waals surface area contributed by atoms with Gasteiger partial charge in [0.05, 0.1) is 0 Å². The molecule has 0 saturated carbocycles. The molecule has 2 aromatic rings. The minimum Gasteiger partial charge on any atom is -0.851 e. The first kappa shape index (κ1) is 18.8. The van der Waals surface area contributed by atoms with E-state index in [0.717, 1.165) is 11.1 Å². The van der Waals surface area contributed by atoms with Crippen molar-refractivity contribution in [1.29, 1.82) is 0 Å². The second kappa shape index (κ2) is 11.6. The van der Waals surface area contributed by atoms with Gasteiger partial charge in [0.1, 0.15) is 0 Å². The number of rotatable bonds is 2. The summed E-state index contributed by atoms with van der Waals surface area (Å²) >= 11 is 0. The zero-order valence-electron chi connectivity index (χ0n) is 12.0. The van der Waals surface area contributed by atoms with Crippen LogP contribution in [0.25, 0.3) is 6.08 Å². The minimum atomic E-state index is -0.116. The SMILES string of the molecule is C/C(=C/c1ccccc1)C[O-].Cc1ccccc1.[K+].